The summed E-state index contributed by atoms with van der Waals surface area (Å²) in [5, 5.41) is 0. The molecule has 1 aliphatic heterocycles. The number of rotatable bonds is 3. The molecule has 0 bridgehead atoms. The van der Waals surface area contributed by atoms with Crippen LogP contribution in [0.3, 0.4) is 0 Å². The third kappa shape index (κ3) is 3.04. The minimum atomic E-state index is 0.0742. The summed E-state index contributed by atoms with van der Waals surface area (Å²) >= 11 is 0. The fourth-order valence-corrected chi connectivity index (χ4v) is 2.35. The Balaban J connectivity index is 2.28. The lowest BCUT2D eigenvalue weighted by Crippen LogP contribution is -2.29. The fraction of sp³-hybridized carbons (Fsp3) is 0.571. The van der Waals surface area contributed by atoms with Gasteiger partial charge in [-0.1, -0.05) is 20.8 Å². The first-order valence-corrected chi connectivity index (χ1v) is 6.79. The Bertz CT molecular complexity index is 473. The molecule has 1 amide bonds. The van der Waals surface area contributed by atoms with E-state index in [0.29, 0.717) is 17.3 Å². The van der Waals surface area contributed by atoms with E-state index in [0.717, 1.165) is 25.2 Å². The summed E-state index contributed by atoms with van der Waals surface area (Å²) in [6, 6.07) is 3.59. The van der Waals surface area contributed by atoms with Crippen molar-refractivity contribution in [3.8, 4) is 0 Å². The second-order valence-corrected chi connectivity index (χ2v) is 5.61. The van der Waals surface area contributed by atoms with Crippen LogP contribution in [-0.2, 0) is 0 Å². The maximum absolute atomic E-state index is 12.5. The number of nitrogens with zero attached hydrogens (tertiary/aromatic N) is 2. The molecule has 1 atom stereocenters. The first-order valence-electron chi connectivity index (χ1n) is 6.79. The predicted octanol–water partition coefficient (Wildman–Crippen LogP) is 1.97. The van der Waals surface area contributed by atoms with Crippen molar-refractivity contribution in [3.05, 3.63) is 23.4 Å². The summed E-state index contributed by atoms with van der Waals surface area (Å²) in [4.78, 5) is 18.7. The van der Waals surface area contributed by atoms with Crippen LogP contribution in [0.25, 0.3) is 0 Å². The topological polar surface area (TPSA) is 71.2 Å². The number of pyridine rings is 1. The van der Waals surface area contributed by atoms with Gasteiger partial charge in [0.15, 0.2) is 0 Å². The van der Waals surface area contributed by atoms with Crippen molar-refractivity contribution < 1.29 is 4.79 Å². The molecular weight excluding hydrogens is 240 g/mol. The highest BCUT2D eigenvalue weighted by Crippen LogP contribution is 2.21. The number of carbonyl (C=O) groups is 1. The SMILES string of the molecule is CC1CCN(C(=O)c2cc(NN)nc(C(C)C)c2)C1. The minimum absolute atomic E-state index is 0.0742. The van der Waals surface area contributed by atoms with E-state index in [1.54, 1.807) is 6.07 Å². The highest BCUT2D eigenvalue weighted by atomic mass is 16.2. The van der Waals surface area contributed by atoms with E-state index in [4.69, 9.17) is 5.84 Å². The first kappa shape index (κ1) is 13.8. The number of nitrogen functional groups attached to an aromatic ring is 1. The van der Waals surface area contributed by atoms with E-state index in [1.165, 1.54) is 0 Å². The number of nitrogens with one attached hydrogen (secondary N) is 1. The molecule has 5 nitrogen and oxygen atoms in total. The summed E-state index contributed by atoms with van der Waals surface area (Å²) in [5.41, 5.74) is 4.08. The lowest BCUT2D eigenvalue weighted by Gasteiger charge is -2.17. The van der Waals surface area contributed by atoms with Crippen molar-refractivity contribution >= 4 is 11.7 Å². The molecule has 3 N–H and O–H groups in total. The van der Waals surface area contributed by atoms with Crippen molar-refractivity contribution in [1.29, 1.82) is 0 Å². The molecule has 0 aliphatic carbocycles. The van der Waals surface area contributed by atoms with E-state index >= 15 is 0 Å². The van der Waals surface area contributed by atoms with Crippen LogP contribution in [0.15, 0.2) is 12.1 Å². The van der Waals surface area contributed by atoms with Crippen LogP contribution < -0.4 is 11.3 Å². The molecule has 5 heteroatoms. The second kappa shape index (κ2) is 5.57. The molecule has 104 valence electrons. The molecule has 0 saturated carbocycles. The largest absolute Gasteiger partial charge is 0.338 e. The number of amides is 1. The highest BCUT2D eigenvalue weighted by molar-refractivity contribution is 5.95. The number of anilines is 1. The molecule has 1 fully saturated rings. The molecule has 1 unspecified atom stereocenters. The van der Waals surface area contributed by atoms with Crippen LogP contribution in [0.2, 0.25) is 0 Å². The average Bonchev–Trinajstić information content (AvgIpc) is 2.83. The summed E-state index contributed by atoms with van der Waals surface area (Å²) in [5.74, 6) is 6.89. The fourth-order valence-electron chi connectivity index (χ4n) is 2.35. The number of hydrogen-bond donors (Lipinski definition) is 2. The summed E-state index contributed by atoms with van der Waals surface area (Å²) in [7, 11) is 0. The molecule has 1 aromatic rings. The van der Waals surface area contributed by atoms with Gasteiger partial charge in [-0.2, -0.15) is 0 Å². The predicted molar refractivity (Wildman–Crippen MR) is 75.8 cm³/mol. The van der Waals surface area contributed by atoms with Gasteiger partial charge in [-0.15, -0.1) is 0 Å². The van der Waals surface area contributed by atoms with Crippen molar-refractivity contribution in [3.63, 3.8) is 0 Å². The van der Waals surface area contributed by atoms with Crippen LogP contribution >= 0.6 is 0 Å². The normalized spacial score (nSPS) is 19.0. The molecule has 19 heavy (non-hydrogen) atoms. The average molecular weight is 262 g/mol. The van der Waals surface area contributed by atoms with Crippen LogP contribution in [0.5, 0.6) is 0 Å². The zero-order chi connectivity index (χ0) is 14.0. The van der Waals surface area contributed by atoms with Gasteiger partial charge >= 0.3 is 0 Å². The zero-order valence-corrected chi connectivity index (χ0v) is 11.8. The van der Waals surface area contributed by atoms with Gasteiger partial charge in [-0.3, -0.25) is 4.79 Å². The third-order valence-electron chi connectivity index (χ3n) is 3.54. The second-order valence-electron chi connectivity index (χ2n) is 5.61. The Kier molecular flexibility index (Phi) is 4.04. The Morgan fingerprint density at radius 3 is 2.79 bits per heavy atom. The molecule has 2 rings (SSSR count). The van der Waals surface area contributed by atoms with Gasteiger partial charge in [0.1, 0.15) is 5.82 Å². The van der Waals surface area contributed by atoms with Gasteiger partial charge in [-0.25, -0.2) is 10.8 Å². The van der Waals surface area contributed by atoms with E-state index in [9.17, 15) is 4.79 Å². The van der Waals surface area contributed by atoms with E-state index < -0.39 is 0 Å². The van der Waals surface area contributed by atoms with Gasteiger partial charge < -0.3 is 10.3 Å². The number of carbonyl (C=O) groups excluding carboxylic acids is 1. The molecular formula is C14H22N4O. The van der Waals surface area contributed by atoms with Crippen LogP contribution in [-0.4, -0.2) is 28.9 Å². The lowest BCUT2D eigenvalue weighted by molar-refractivity contribution is 0.0788. The van der Waals surface area contributed by atoms with E-state index in [-0.39, 0.29) is 11.8 Å². The smallest absolute Gasteiger partial charge is 0.254 e. The van der Waals surface area contributed by atoms with E-state index in [1.807, 2.05) is 11.0 Å². The molecule has 0 radical (unpaired) electrons. The number of likely N-dealkylation sites (tertiary alicyclic amines) is 1. The van der Waals surface area contributed by atoms with Gasteiger partial charge in [0, 0.05) is 24.3 Å². The zero-order valence-electron chi connectivity index (χ0n) is 11.8. The first-order chi connectivity index (χ1) is 9.01. The Morgan fingerprint density at radius 2 is 2.26 bits per heavy atom. The molecule has 1 saturated heterocycles. The Morgan fingerprint density at radius 1 is 1.53 bits per heavy atom. The van der Waals surface area contributed by atoms with E-state index in [2.05, 4.69) is 31.2 Å². The van der Waals surface area contributed by atoms with Crippen LogP contribution in [0.4, 0.5) is 5.82 Å². The number of hydrogen-bond acceptors (Lipinski definition) is 4. The van der Waals surface area contributed by atoms with Crippen molar-refractivity contribution in [1.82, 2.24) is 9.88 Å². The number of aromatic nitrogens is 1. The van der Waals surface area contributed by atoms with Gasteiger partial charge in [0.05, 0.1) is 0 Å². The number of hydrazine groups is 1. The molecule has 0 aromatic carbocycles. The third-order valence-corrected chi connectivity index (χ3v) is 3.54. The highest BCUT2D eigenvalue weighted by Gasteiger charge is 2.25. The van der Waals surface area contributed by atoms with Crippen LogP contribution in [0, 0.1) is 5.92 Å². The summed E-state index contributed by atoms with van der Waals surface area (Å²) in [6.45, 7) is 7.95. The summed E-state index contributed by atoms with van der Waals surface area (Å²) < 4.78 is 0. The lowest BCUT2D eigenvalue weighted by atomic mass is 10.1. The monoisotopic (exact) mass is 262 g/mol. The maximum Gasteiger partial charge on any atom is 0.254 e. The van der Waals surface area contributed by atoms with Crippen molar-refractivity contribution in [2.24, 2.45) is 11.8 Å². The van der Waals surface area contributed by atoms with Gasteiger partial charge in [0.25, 0.3) is 5.91 Å². The van der Waals surface area contributed by atoms with Crippen molar-refractivity contribution in [2.45, 2.75) is 33.1 Å². The molecule has 0 spiro atoms. The maximum atomic E-state index is 12.5. The minimum Gasteiger partial charge on any atom is -0.338 e. The van der Waals surface area contributed by atoms with Crippen LogP contribution in [0.1, 0.15) is 49.2 Å². The van der Waals surface area contributed by atoms with Gasteiger partial charge in [0.2, 0.25) is 0 Å². The molecule has 1 aromatic heterocycles. The summed E-state index contributed by atoms with van der Waals surface area (Å²) in [6.07, 6.45) is 1.08. The van der Waals surface area contributed by atoms with Gasteiger partial charge in [-0.05, 0) is 30.4 Å². The Labute approximate surface area is 114 Å². The Hall–Kier alpha value is -1.62. The number of nitrogens with two attached hydrogens (primary N) is 1. The molecule has 1 aliphatic rings. The quantitative estimate of drug-likeness (QED) is 0.645. The standard InChI is InChI=1S/C14H22N4O/c1-9(2)12-6-11(7-13(16-12)17-15)14(19)18-5-4-10(3)8-18/h6-7,9-10H,4-5,8,15H2,1-3H3,(H,16,17). The van der Waals surface area contributed by atoms with Crippen molar-refractivity contribution in [2.75, 3.05) is 18.5 Å². The molecule has 2 heterocycles.